The molecule has 0 spiro atoms. The molecule has 1 aromatic rings. The summed E-state index contributed by atoms with van der Waals surface area (Å²) in [4.78, 5) is 26.9. The topological polar surface area (TPSA) is 76.0 Å². The summed E-state index contributed by atoms with van der Waals surface area (Å²) in [7, 11) is 0. The molecule has 0 aliphatic rings. The highest BCUT2D eigenvalue weighted by Crippen LogP contribution is 2.04. The largest absolute Gasteiger partial charge is 0.356 e. The van der Waals surface area contributed by atoms with Crippen molar-refractivity contribution in [2.75, 3.05) is 13.1 Å². The van der Waals surface area contributed by atoms with Crippen LogP contribution in [0, 0.1) is 0 Å². The summed E-state index contributed by atoms with van der Waals surface area (Å²) >= 11 is 0. The minimum Gasteiger partial charge on any atom is -0.356 e. The van der Waals surface area contributed by atoms with Crippen molar-refractivity contribution in [1.29, 1.82) is 0 Å². The third-order valence-corrected chi connectivity index (χ3v) is 3.48. The van der Waals surface area contributed by atoms with Crippen LogP contribution in [-0.4, -0.2) is 34.5 Å². The summed E-state index contributed by atoms with van der Waals surface area (Å²) in [6.07, 6.45) is 11.1. The van der Waals surface area contributed by atoms with Gasteiger partial charge in [0.1, 0.15) is 0 Å². The molecule has 6 heteroatoms. The molecule has 6 nitrogen and oxygen atoms in total. The van der Waals surface area contributed by atoms with E-state index in [0.29, 0.717) is 25.1 Å². The smallest absolute Gasteiger partial charge is 0.246 e. The van der Waals surface area contributed by atoms with Gasteiger partial charge in [0.05, 0.1) is 6.33 Å². The fraction of sp³-hybridized carbons (Fsp3) is 0.588. The molecule has 1 rings (SSSR count). The van der Waals surface area contributed by atoms with E-state index < -0.39 is 0 Å². The van der Waals surface area contributed by atoms with E-state index in [-0.39, 0.29) is 11.8 Å². The van der Waals surface area contributed by atoms with Gasteiger partial charge in [-0.15, -0.1) is 0 Å². The summed E-state index contributed by atoms with van der Waals surface area (Å²) < 4.78 is 2.07. The zero-order valence-corrected chi connectivity index (χ0v) is 14.0. The first kappa shape index (κ1) is 18.9. The first-order chi connectivity index (χ1) is 11.1. The Bertz CT molecular complexity index is 483. The predicted molar refractivity (Wildman–Crippen MR) is 90.8 cm³/mol. The molecule has 0 atom stereocenters. The zero-order valence-electron chi connectivity index (χ0n) is 14.0. The van der Waals surface area contributed by atoms with Crippen molar-refractivity contribution < 1.29 is 9.59 Å². The first-order valence-electron chi connectivity index (χ1n) is 8.25. The second kappa shape index (κ2) is 11.5. The lowest BCUT2D eigenvalue weighted by atomic mass is 10.1. The number of carbonyl (C=O) groups is 2. The Kier molecular flexibility index (Phi) is 9.43. The highest BCUT2D eigenvalue weighted by molar-refractivity contribution is 5.92. The number of unbranched alkanes of at least 4 members (excludes halogenated alkanes) is 3. The van der Waals surface area contributed by atoms with Crippen molar-refractivity contribution in [2.45, 2.75) is 52.0 Å². The number of rotatable bonds is 12. The lowest BCUT2D eigenvalue weighted by Crippen LogP contribution is -2.29. The van der Waals surface area contributed by atoms with Crippen LogP contribution in [0.4, 0.5) is 0 Å². The van der Waals surface area contributed by atoms with Gasteiger partial charge in [-0.05, 0) is 26.2 Å². The van der Waals surface area contributed by atoms with E-state index >= 15 is 0 Å². The summed E-state index contributed by atoms with van der Waals surface area (Å²) in [6, 6.07) is 0. The van der Waals surface area contributed by atoms with Gasteiger partial charge in [-0.1, -0.05) is 19.4 Å². The van der Waals surface area contributed by atoms with Crippen LogP contribution in [0.3, 0.4) is 0 Å². The Morgan fingerprint density at radius 1 is 1.09 bits per heavy atom. The van der Waals surface area contributed by atoms with Gasteiger partial charge in [0.15, 0.2) is 0 Å². The van der Waals surface area contributed by atoms with Crippen LogP contribution in [0.5, 0.6) is 0 Å². The van der Waals surface area contributed by atoms with E-state index in [0.717, 1.165) is 38.6 Å². The van der Waals surface area contributed by atoms with Gasteiger partial charge in [0.25, 0.3) is 0 Å². The average Bonchev–Trinajstić information content (AvgIpc) is 3.03. The van der Waals surface area contributed by atoms with Crippen molar-refractivity contribution in [2.24, 2.45) is 0 Å². The van der Waals surface area contributed by atoms with Gasteiger partial charge < -0.3 is 15.2 Å². The first-order valence-corrected chi connectivity index (χ1v) is 8.25. The quantitative estimate of drug-likeness (QED) is 0.457. The average molecular weight is 320 g/mol. The Morgan fingerprint density at radius 3 is 2.52 bits per heavy atom. The Hall–Kier alpha value is -2.11. The fourth-order valence-corrected chi connectivity index (χ4v) is 2.11. The van der Waals surface area contributed by atoms with Crippen molar-refractivity contribution >= 4 is 11.8 Å². The van der Waals surface area contributed by atoms with Crippen molar-refractivity contribution in [3.63, 3.8) is 0 Å². The van der Waals surface area contributed by atoms with Gasteiger partial charge >= 0.3 is 0 Å². The van der Waals surface area contributed by atoms with Gasteiger partial charge in [-0.3, -0.25) is 9.59 Å². The van der Waals surface area contributed by atoms with Crippen LogP contribution in [0.2, 0.25) is 0 Å². The second-order valence-corrected chi connectivity index (χ2v) is 5.70. The number of nitrogens with zero attached hydrogens (tertiary/aromatic N) is 2. The molecule has 0 saturated carbocycles. The van der Waals surface area contributed by atoms with Gasteiger partial charge in [-0.2, -0.15) is 0 Å². The van der Waals surface area contributed by atoms with Crippen LogP contribution in [0.15, 0.2) is 30.9 Å². The lowest BCUT2D eigenvalue weighted by molar-refractivity contribution is -0.121. The normalized spacial score (nSPS) is 10.3. The minimum absolute atomic E-state index is 0.0887. The highest BCUT2D eigenvalue weighted by atomic mass is 16.2. The van der Waals surface area contributed by atoms with Crippen molar-refractivity contribution in [3.8, 4) is 0 Å². The third kappa shape index (κ3) is 9.50. The summed E-state index contributed by atoms with van der Waals surface area (Å²) in [5.74, 6) is -0.0437. The number of hydrogen-bond acceptors (Lipinski definition) is 3. The van der Waals surface area contributed by atoms with E-state index in [9.17, 15) is 9.59 Å². The monoisotopic (exact) mass is 320 g/mol. The summed E-state index contributed by atoms with van der Waals surface area (Å²) in [5.41, 5.74) is 0.502. The van der Waals surface area contributed by atoms with Gasteiger partial charge in [-0.25, -0.2) is 4.98 Å². The minimum atomic E-state index is -0.132. The predicted octanol–water partition coefficient (Wildman–Crippen LogP) is 2.03. The number of nitrogens with one attached hydrogen (secondary N) is 2. The van der Waals surface area contributed by atoms with Crippen LogP contribution in [0.25, 0.3) is 0 Å². The van der Waals surface area contributed by atoms with E-state index in [1.807, 2.05) is 12.5 Å². The van der Waals surface area contributed by atoms with E-state index in [4.69, 9.17) is 0 Å². The molecule has 0 aliphatic carbocycles. The third-order valence-electron chi connectivity index (χ3n) is 3.48. The number of imidazole rings is 1. The maximum Gasteiger partial charge on any atom is 0.246 e. The number of aromatic nitrogens is 2. The number of carbonyl (C=O) groups excluding carboxylic acids is 2. The summed E-state index contributed by atoms with van der Waals surface area (Å²) in [6.45, 7) is 7.38. The molecule has 1 aromatic heterocycles. The zero-order chi connectivity index (χ0) is 16.9. The maximum absolute atomic E-state index is 11.6. The molecular formula is C17H28N4O2. The molecule has 0 aromatic carbocycles. The molecule has 1 heterocycles. The fourth-order valence-electron chi connectivity index (χ4n) is 2.11. The molecule has 2 amide bonds. The molecule has 2 N–H and O–H groups in total. The molecule has 23 heavy (non-hydrogen) atoms. The maximum atomic E-state index is 11.6. The number of hydrogen-bond donors (Lipinski definition) is 2. The molecule has 0 aliphatic heterocycles. The van der Waals surface area contributed by atoms with Gasteiger partial charge in [0.2, 0.25) is 11.8 Å². The SMILES string of the molecule is C=C(C)C(=O)NCCCNC(=O)CCCCCCn1ccnc1. The number of aryl methyl sites for hydroxylation is 1. The van der Waals surface area contributed by atoms with Gasteiger partial charge in [0, 0.05) is 44.0 Å². The van der Waals surface area contributed by atoms with E-state index in [1.165, 1.54) is 0 Å². The van der Waals surface area contributed by atoms with Crippen LogP contribution < -0.4 is 10.6 Å². The van der Waals surface area contributed by atoms with E-state index in [1.54, 1.807) is 13.1 Å². The van der Waals surface area contributed by atoms with Crippen LogP contribution in [0.1, 0.15) is 45.4 Å². The second-order valence-electron chi connectivity index (χ2n) is 5.70. The molecule has 0 fully saturated rings. The molecule has 0 radical (unpaired) electrons. The number of amides is 2. The molecule has 0 bridgehead atoms. The standard InChI is InChI=1S/C17H28N4O2/c1-15(2)17(23)20-10-7-9-19-16(22)8-5-3-4-6-12-21-13-11-18-14-21/h11,13-14H,1,3-10,12H2,2H3,(H,19,22)(H,20,23). The van der Waals surface area contributed by atoms with E-state index in [2.05, 4.69) is 26.8 Å². The molecular weight excluding hydrogens is 292 g/mol. The van der Waals surface area contributed by atoms with Crippen LogP contribution >= 0.6 is 0 Å². The molecule has 0 saturated heterocycles. The molecule has 0 unspecified atom stereocenters. The van der Waals surface area contributed by atoms with Crippen LogP contribution in [-0.2, 0) is 16.1 Å². The lowest BCUT2D eigenvalue weighted by Gasteiger charge is -2.07. The van der Waals surface area contributed by atoms with Crippen molar-refractivity contribution in [1.82, 2.24) is 20.2 Å². The van der Waals surface area contributed by atoms with Crippen molar-refractivity contribution in [3.05, 3.63) is 30.9 Å². The summed E-state index contributed by atoms with van der Waals surface area (Å²) in [5, 5.41) is 5.61. The Labute approximate surface area is 138 Å². The Balaban J connectivity index is 1.88. The molecule has 128 valence electrons. The highest BCUT2D eigenvalue weighted by Gasteiger charge is 2.02. The Morgan fingerprint density at radius 2 is 1.83 bits per heavy atom.